The van der Waals surface area contributed by atoms with Gasteiger partial charge in [0.05, 0.1) is 0 Å². The van der Waals surface area contributed by atoms with Gasteiger partial charge in [-0.2, -0.15) is 0 Å². The summed E-state index contributed by atoms with van der Waals surface area (Å²) in [5.41, 5.74) is 0. The fourth-order valence-electron chi connectivity index (χ4n) is 2.06. The zero-order valence-corrected chi connectivity index (χ0v) is 9.09. The van der Waals surface area contributed by atoms with Crippen LogP contribution in [0.1, 0.15) is 32.1 Å². The van der Waals surface area contributed by atoms with E-state index in [1.165, 1.54) is 31.4 Å². The highest BCUT2D eigenvalue weighted by Gasteiger charge is 2.22. The van der Waals surface area contributed by atoms with Gasteiger partial charge in [0.1, 0.15) is 0 Å². The zero-order chi connectivity index (χ0) is 11.4. The van der Waals surface area contributed by atoms with Gasteiger partial charge in [0.2, 0.25) is 12.7 Å². The molecule has 1 aliphatic heterocycles. The first-order chi connectivity index (χ1) is 7.74. The second-order valence-electron chi connectivity index (χ2n) is 4.15. The number of nitrogens with one attached hydrogen (secondary N) is 1. The van der Waals surface area contributed by atoms with Gasteiger partial charge in [-0.15, -0.1) is 0 Å². The normalized spacial score (nSPS) is 28.1. The summed E-state index contributed by atoms with van der Waals surface area (Å²) in [6.07, 6.45) is 6.67. The van der Waals surface area contributed by atoms with E-state index in [2.05, 4.69) is 5.32 Å². The van der Waals surface area contributed by atoms with Crippen LogP contribution in [0.15, 0.2) is 12.2 Å². The molecule has 0 aromatic carbocycles. The molecule has 2 atom stereocenters. The number of hydrogen-bond acceptors (Lipinski definition) is 5. The molecule has 0 aromatic rings. The van der Waals surface area contributed by atoms with Crippen LogP contribution in [0.25, 0.3) is 0 Å². The molecule has 1 saturated carbocycles. The van der Waals surface area contributed by atoms with Crippen LogP contribution in [0.4, 0.5) is 0 Å². The summed E-state index contributed by atoms with van der Waals surface area (Å²) < 4.78 is 9.85. The molecular weight excluding hydrogens is 210 g/mol. The summed E-state index contributed by atoms with van der Waals surface area (Å²) in [7, 11) is 0. The van der Waals surface area contributed by atoms with E-state index in [-0.39, 0.29) is 0 Å². The summed E-state index contributed by atoms with van der Waals surface area (Å²) in [6.45, 7) is 0. The van der Waals surface area contributed by atoms with Crippen molar-refractivity contribution in [2.75, 3.05) is 0 Å². The van der Waals surface area contributed by atoms with Crippen LogP contribution < -0.4 is 5.32 Å². The Kier molecular flexibility index (Phi) is 3.93. The van der Waals surface area contributed by atoms with Crippen molar-refractivity contribution in [3.05, 3.63) is 12.2 Å². The average Bonchev–Trinajstić information content (AvgIpc) is 2.65. The number of hydrogen-bond donors (Lipinski definition) is 2. The van der Waals surface area contributed by atoms with Gasteiger partial charge in [-0.3, -0.25) is 10.1 Å². The van der Waals surface area contributed by atoms with Crippen molar-refractivity contribution in [1.29, 1.82) is 0 Å². The third kappa shape index (κ3) is 3.30. The SMILES string of the molecule is O=C1C=CC(OC(O)NC2CCCCC2)O1. The first kappa shape index (κ1) is 11.6. The van der Waals surface area contributed by atoms with Crippen LogP contribution in [0.2, 0.25) is 0 Å². The number of esters is 1. The van der Waals surface area contributed by atoms with E-state index in [0.29, 0.717) is 6.04 Å². The lowest BCUT2D eigenvalue weighted by Crippen LogP contribution is -2.42. The minimum atomic E-state index is -1.08. The van der Waals surface area contributed by atoms with Gasteiger partial charge in [-0.05, 0) is 18.9 Å². The van der Waals surface area contributed by atoms with E-state index in [1.54, 1.807) is 0 Å². The van der Waals surface area contributed by atoms with Crippen molar-refractivity contribution < 1.29 is 19.4 Å². The van der Waals surface area contributed by atoms with Crippen molar-refractivity contribution >= 4 is 5.97 Å². The Bertz CT molecular complexity index is 273. The lowest BCUT2D eigenvalue weighted by Gasteiger charge is -2.26. The predicted molar refractivity (Wildman–Crippen MR) is 56.1 cm³/mol. The Balaban J connectivity index is 1.69. The number of carbonyl (C=O) groups excluding carboxylic acids is 1. The maximum absolute atomic E-state index is 10.7. The Morgan fingerprint density at radius 3 is 2.81 bits per heavy atom. The van der Waals surface area contributed by atoms with Gasteiger partial charge in [-0.25, -0.2) is 4.79 Å². The molecule has 0 amide bonds. The summed E-state index contributed by atoms with van der Waals surface area (Å²) in [5, 5.41) is 12.6. The molecule has 1 aliphatic carbocycles. The van der Waals surface area contributed by atoms with E-state index in [9.17, 15) is 9.90 Å². The molecule has 2 rings (SSSR count). The molecule has 16 heavy (non-hydrogen) atoms. The van der Waals surface area contributed by atoms with Gasteiger partial charge < -0.3 is 9.84 Å². The summed E-state index contributed by atoms with van der Waals surface area (Å²) in [5.74, 6) is -0.435. The predicted octanol–water partition coefficient (Wildman–Crippen LogP) is 0.640. The standard InChI is InChI=1S/C11H17NO4/c13-9-6-7-10(15-9)16-11(14)12-8-4-2-1-3-5-8/h6-8,10-12,14H,1-5H2. The number of aliphatic hydroxyl groups is 1. The molecule has 2 aliphatic rings. The topological polar surface area (TPSA) is 67.8 Å². The maximum Gasteiger partial charge on any atom is 0.333 e. The van der Waals surface area contributed by atoms with Gasteiger partial charge >= 0.3 is 5.97 Å². The van der Waals surface area contributed by atoms with E-state index < -0.39 is 18.7 Å². The number of cyclic esters (lactones) is 1. The Hall–Kier alpha value is -0.910. The highest BCUT2D eigenvalue weighted by atomic mass is 16.7. The van der Waals surface area contributed by atoms with Crippen molar-refractivity contribution in [3.63, 3.8) is 0 Å². The molecule has 5 heteroatoms. The van der Waals surface area contributed by atoms with Crippen molar-refractivity contribution in [3.8, 4) is 0 Å². The molecule has 2 unspecified atom stereocenters. The fraction of sp³-hybridized carbons (Fsp3) is 0.727. The molecule has 0 bridgehead atoms. The maximum atomic E-state index is 10.7. The van der Waals surface area contributed by atoms with E-state index in [4.69, 9.17) is 9.47 Å². The van der Waals surface area contributed by atoms with Crippen LogP contribution in [-0.2, 0) is 14.3 Å². The van der Waals surface area contributed by atoms with E-state index in [0.717, 1.165) is 12.8 Å². The molecule has 0 aromatic heterocycles. The van der Waals surface area contributed by atoms with Crippen LogP contribution in [0.5, 0.6) is 0 Å². The molecule has 2 N–H and O–H groups in total. The van der Waals surface area contributed by atoms with Gasteiger partial charge in [0, 0.05) is 12.1 Å². The zero-order valence-electron chi connectivity index (χ0n) is 9.09. The fourth-order valence-corrected chi connectivity index (χ4v) is 2.06. The average molecular weight is 227 g/mol. The third-order valence-electron chi connectivity index (χ3n) is 2.87. The van der Waals surface area contributed by atoms with Crippen molar-refractivity contribution in [1.82, 2.24) is 5.32 Å². The largest absolute Gasteiger partial charge is 0.429 e. The number of rotatable bonds is 4. The van der Waals surface area contributed by atoms with Crippen LogP contribution in [0, 0.1) is 0 Å². The molecule has 5 nitrogen and oxygen atoms in total. The number of ether oxygens (including phenoxy) is 2. The van der Waals surface area contributed by atoms with Crippen LogP contribution in [-0.4, -0.2) is 29.8 Å². The quantitative estimate of drug-likeness (QED) is 0.545. The monoisotopic (exact) mass is 227 g/mol. The highest BCUT2D eigenvalue weighted by molar-refractivity contribution is 5.84. The van der Waals surface area contributed by atoms with Crippen molar-refractivity contribution in [2.45, 2.75) is 50.8 Å². The number of carbonyl (C=O) groups is 1. The summed E-state index contributed by atoms with van der Waals surface area (Å²) in [4.78, 5) is 10.7. The Morgan fingerprint density at radius 2 is 2.19 bits per heavy atom. The lowest BCUT2D eigenvalue weighted by molar-refractivity contribution is -0.214. The van der Waals surface area contributed by atoms with Crippen molar-refractivity contribution in [2.24, 2.45) is 0 Å². The second kappa shape index (κ2) is 5.43. The summed E-state index contributed by atoms with van der Waals surface area (Å²) >= 11 is 0. The molecule has 90 valence electrons. The third-order valence-corrected chi connectivity index (χ3v) is 2.87. The second-order valence-corrected chi connectivity index (χ2v) is 4.15. The minimum Gasteiger partial charge on any atom is -0.429 e. The minimum absolute atomic E-state index is 0.296. The van der Waals surface area contributed by atoms with Gasteiger partial charge in [0.15, 0.2) is 0 Å². The Labute approximate surface area is 94.4 Å². The molecule has 0 spiro atoms. The highest BCUT2D eigenvalue weighted by Crippen LogP contribution is 2.18. The Morgan fingerprint density at radius 1 is 1.44 bits per heavy atom. The molecule has 1 heterocycles. The lowest BCUT2D eigenvalue weighted by atomic mass is 9.96. The van der Waals surface area contributed by atoms with Crippen LogP contribution in [0.3, 0.4) is 0 Å². The molecule has 0 radical (unpaired) electrons. The van der Waals surface area contributed by atoms with E-state index in [1.807, 2.05) is 0 Å². The first-order valence-corrected chi connectivity index (χ1v) is 5.72. The molecule has 1 fully saturated rings. The smallest absolute Gasteiger partial charge is 0.333 e. The van der Waals surface area contributed by atoms with Crippen LogP contribution >= 0.6 is 0 Å². The molecule has 0 saturated heterocycles. The summed E-state index contributed by atoms with van der Waals surface area (Å²) in [6, 6.07) is 0.296. The molecular formula is C11H17NO4. The number of aliphatic hydroxyl groups excluding tert-OH is 1. The first-order valence-electron chi connectivity index (χ1n) is 5.72. The van der Waals surface area contributed by atoms with Gasteiger partial charge in [0.25, 0.3) is 0 Å². The van der Waals surface area contributed by atoms with Gasteiger partial charge in [-0.1, -0.05) is 19.3 Å². The van der Waals surface area contributed by atoms with E-state index >= 15 is 0 Å².